The van der Waals surface area contributed by atoms with Gasteiger partial charge in [-0.15, -0.1) is 0 Å². The van der Waals surface area contributed by atoms with Gasteiger partial charge in [-0.05, 0) is 18.1 Å². The molecule has 0 radical (unpaired) electrons. The van der Waals surface area contributed by atoms with Gasteiger partial charge in [-0.3, -0.25) is 0 Å². The van der Waals surface area contributed by atoms with Crippen LogP contribution >= 0.6 is 0 Å². The molecule has 3 N–H and O–H groups in total. The average molecular weight is 209 g/mol. The van der Waals surface area contributed by atoms with Crippen LogP contribution in [0.2, 0.25) is 0 Å². The zero-order valence-corrected chi connectivity index (χ0v) is 8.87. The van der Waals surface area contributed by atoms with Gasteiger partial charge in [0.25, 0.3) is 0 Å². The maximum Gasteiger partial charge on any atom is 0.339 e. The lowest BCUT2D eigenvalue weighted by molar-refractivity contribution is 0.0693. The van der Waals surface area contributed by atoms with Crippen molar-refractivity contribution in [3.05, 3.63) is 23.3 Å². The maximum atomic E-state index is 10.8. The molecule has 0 saturated heterocycles. The highest BCUT2D eigenvalue weighted by atomic mass is 16.4. The minimum atomic E-state index is -1.10. The van der Waals surface area contributed by atoms with E-state index in [0.29, 0.717) is 0 Å². The van der Waals surface area contributed by atoms with Crippen molar-refractivity contribution in [2.24, 2.45) is 0 Å². The smallest absolute Gasteiger partial charge is 0.339 e. The van der Waals surface area contributed by atoms with Gasteiger partial charge in [0.15, 0.2) is 0 Å². The number of aryl methyl sites for hydroxylation is 1. The molecule has 0 saturated carbocycles. The molecule has 0 bridgehead atoms. The lowest BCUT2D eigenvalue weighted by Gasteiger charge is -2.10. The van der Waals surface area contributed by atoms with Crippen molar-refractivity contribution in [1.82, 2.24) is 0 Å². The van der Waals surface area contributed by atoms with E-state index in [-0.39, 0.29) is 11.3 Å². The third-order valence-corrected chi connectivity index (χ3v) is 2.24. The van der Waals surface area contributed by atoms with Crippen molar-refractivity contribution < 1.29 is 15.0 Å². The molecule has 0 aliphatic heterocycles. The minimum absolute atomic E-state index is 0.0440. The highest BCUT2D eigenvalue weighted by Crippen LogP contribution is 2.27. The van der Waals surface area contributed by atoms with Gasteiger partial charge in [-0.1, -0.05) is 13.3 Å². The van der Waals surface area contributed by atoms with Crippen molar-refractivity contribution in [2.75, 3.05) is 12.4 Å². The predicted octanol–water partition coefficient (Wildman–Crippen LogP) is 2.08. The summed E-state index contributed by atoms with van der Waals surface area (Å²) in [6.07, 6.45) is 1.72. The molecule has 1 rings (SSSR count). The molecular formula is C11H15NO3. The molecule has 0 spiro atoms. The lowest BCUT2D eigenvalue weighted by atomic mass is 10.0. The third-order valence-electron chi connectivity index (χ3n) is 2.24. The fourth-order valence-electron chi connectivity index (χ4n) is 1.51. The van der Waals surface area contributed by atoms with Gasteiger partial charge >= 0.3 is 5.97 Å². The number of hydrogen-bond donors (Lipinski definition) is 3. The quantitative estimate of drug-likeness (QED) is 0.710. The molecule has 0 aromatic heterocycles. The van der Waals surface area contributed by atoms with Crippen LogP contribution in [-0.2, 0) is 6.42 Å². The molecule has 0 amide bonds. The first-order valence-corrected chi connectivity index (χ1v) is 4.87. The SMILES string of the molecule is CCCc1cc(C(=O)O)c(O)cc1NC. The second-order valence-corrected chi connectivity index (χ2v) is 3.33. The number of benzene rings is 1. The van der Waals surface area contributed by atoms with E-state index in [1.54, 1.807) is 7.05 Å². The van der Waals surface area contributed by atoms with Gasteiger partial charge in [-0.25, -0.2) is 4.79 Å². The second-order valence-electron chi connectivity index (χ2n) is 3.33. The second kappa shape index (κ2) is 4.68. The Hall–Kier alpha value is -1.71. The summed E-state index contributed by atoms with van der Waals surface area (Å²) in [5, 5.41) is 21.2. The molecule has 0 fully saturated rings. The molecule has 4 heteroatoms. The number of phenols is 1. The number of rotatable bonds is 4. The van der Waals surface area contributed by atoms with E-state index >= 15 is 0 Å². The summed E-state index contributed by atoms with van der Waals surface area (Å²) in [5.41, 5.74) is 1.65. The van der Waals surface area contributed by atoms with Crippen molar-refractivity contribution in [2.45, 2.75) is 19.8 Å². The Morgan fingerprint density at radius 3 is 2.60 bits per heavy atom. The summed E-state index contributed by atoms with van der Waals surface area (Å²) < 4.78 is 0. The van der Waals surface area contributed by atoms with Crippen molar-refractivity contribution >= 4 is 11.7 Å². The normalized spacial score (nSPS) is 10.0. The first-order valence-electron chi connectivity index (χ1n) is 4.87. The van der Waals surface area contributed by atoms with Crippen LogP contribution in [0, 0.1) is 0 Å². The van der Waals surface area contributed by atoms with Crippen LogP contribution in [-0.4, -0.2) is 23.2 Å². The first-order chi connectivity index (χ1) is 7.10. The molecule has 0 unspecified atom stereocenters. The van der Waals surface area contributed by atoms with Crippen molar-refractivity contribution in [1.29, 1.82) is 0 Å². The molecule has 0 atom stereocenters. The Labute approximate surface area is 88.6 Å². The number of nitrogens with one attached hydrogen (secondary N) is 1. The van der Waals surface area contributed by atoms with E-state index in [1.165, 1.54) is 12.1 Å². The van der Waals surface area contributed by atoms with E-state index in [9.17, 15) is 9.90 Å². The summed E-state index contributed by atoms with van der Waals surface area (Å²) in [7, 11) is 1.74. The minimum Gasteiger partial charge on any atom is -0.507 e. The number of aromatic carboxylic acids is 1. The van der Waals surface area contributed by atoms with Gasteiger partial charge in [-0.2, -0.15) is 0 Å². The summed E-state index contributed by atoms with van der Waals surface area (Å²) in [4.78, 5) is 10.8. The molecule has 0 aliphatic carbocycles. The summed E-state index contributed by atoms with van der Waals surface area (Å²) in [6, 6.07) is 2.97. The van der Waals surface area contributed by atoms with Crippen LogP contribution in [0.3, 0.4) is 0 Å². The van der Waals surface area contributed by atoms with E-state index < -0.39 is 5.97 Å². The van der Waals surface area contributed by atoms with Crippen molar-refractivity contribution in [3.63, 3.8) is 0 Å². The Morgan fingerprint density at radius 2 is 2.13 bits per heavy atom. The van der Waals surface area contributed by atoms with Crippen molar-refractivity contribution in [3.8, 4) is 5.75 Å². The lowest BCUT2D eigenvalue weighted by Crippen LogP contribution is -2.02. The van der Waals surface area contributed by atoms with Gasteiger partial charge in [0.05, 0.1) is 0 Å². The largest absolute Gasteiger partial charge is 0.507 e. The highest BCUT2D eigenvalue weighted by molar-refractivity contribution is 5.92. The zero-order valence-electron chi connectivity index (χ0n) is 8.87. The summed E-state index contributed by atoms with van der Waals surface area (Å²) in [6.45, 7) is 2.02. The molecule has 82 valence electrons. The molecule has 0 heterocycles. The Balaban J connectivity index is 3.23. The van der Waals surface area contributed by atoms with Gasteiger partial charge in [0.1, 0.15) is 11.3 Å². The van der Waals surface area contributed by atoms with Crippen LogP contribution in [0.5, 0.6) is 5.75 Å². The summed E-state index contributed by atoms with van der Waals surface area (Å²) in [5.74, 6) is -1.31. The predicted molar refractivity (Wildman–Crippen MR) is 58.6 cm³/mol. The highest BCUT2D eigenvalue weighted by Gasteiger charge is 2.13. The molecule has 1 aromatic rings. The maximum absolute atomic E-state index is 10.8. The molecule has 1 aromatic carbocycles. The fraction of sp³-hybridized carbons (Fsp3) is 0.364. The molecule has 0 aliphatic rings. The van der Waals surface area contributed by atoms with Crippen LogP contribution in [0.25, 0.3) is 0 Å². The summed E-state index contributed by atoms with van der Waals surface area (Å²) >= 11 is 0. The monoisotopic (exact) mass is 209 g/mol. The molecule has 15 heavy (non-hydrogen) atoms. The van der Waals surface area contributed by atoms with E-state index in [4.69, 9.17) is 5.11 Å². The van der Waals surface area contributed by atoms with Crippen LogP contribution in [0.1, 0.15) is 29.3 Å². The van der Waals surface area contributed by atoms with E-state index in [1.807, 2.05) is 6.92 Å². The third kappa shape index (κ3) is 2.40. The van der Waals surface area contributed by atoms with Gasteiger partial charge in [0, 0.05) is 18.8 Å². The number of aromatic hydroxyl groups is 1. The number of carboxylic acids is 1. The Kier molecular flexibility index (Phi) is 3.55. The number of carboxylic acid groups (broad SMARTS) is 1. The van der Waals surface area contributed by atoms with Crippen LogP contribution in [0.4, 0.5) is 5.69 Å². The van der Waals surface area contributed by atoms with Crippen LogP contribution < -0.4 is 5.32 Å². The van der Waals surface area contributed by atoms with Gasteiger partial charge < -0.3 is 15.5 Å². The van der Waals surface area contributed by atoms with E-state index in [2.05, 4.69) is 5.32 Å². The number of carbonyl (C=O) groups is 1. The number of anilines is 1. The first kappa shape index (κ1) is 11.4. The van der Waals surface area contributed by atoms with E-state index in [0.717, 1.165) is 24.1 Å². The van der Waals surface area contributed by atoms with Gasteiger partial charge in [0.2, 0.25) is 0 Å². The average Bonchev–Trinajstić information content (AvgIpc) is 2.20. The zero-order chi connectivity index (χ0) is 11.4. The topological polar surface area (TPSA) is 69.6 Å². The fourth-order valence-corrected chi connectivity index (χ4v) is 1.51. The number of hydrogen-bond acceptors (Lipinski definition) is 3. The van der Waals surface area contributed by atoms with Crippen LogP contribution in [0.15, 0.2) is 12.1 Å². The Bertz CT molecular complexity index is 374. The Morgan fingerprint density at radius 1 is 1.47 bits per heavy atom. The molecule has 4 nitrogen and oxygen atoms in total. The molecular weight excluding hydrogens is 194 g/mol. The standard InChI is InChI=1S/C11H15NO3/c1-3-4-7-5-8(11(14)15)10(13)6-9(7)12-2/h5-6,12-13H,3-4H2,1-2H3,(H,14,15).